The van der Waals surface area contributed by atoms with Crippen molar-refractivity contribution in [3.63, 3.8) is 0 Å². The molecule has 1 aliphatic carbocycles. The van der Waals surface area contributed by atoms with E-state index in [0.29, 0.717) is 12.2 Å². The maximum Gasteiger partial charge on any atom is 0.308 e. The molecule has 14 heavy (non-hydrogen) atoms. The van der Waals surface area contributed by atoms with Gasteiger partial charge in [0.25, 0.3) is 0 Å². The number of hydrogen-bond donors (Lipinski definition) is 2. The zero-order valence-electron chi connectivity index (χ0n) is 7.63. The van der Waals surface area contributed by atoms with E-state index < -0.39 is 5.97 Å². The minimum Gasteiger partial charge on any atom is -0.481 e. The fraction of sp³-hybridized carbons (Fsp3) is 0.625. The van der Waals surface area contributed by atoms with E-state index in [1.165, 1.54) is 11.0 Å². The van der Waals surface area contributed by atoms with Crippen LogP contribution in [0, 0.1) is 5.92 Å². The third kappa shape index (κ3) is 1.43. The molecule has 2 atom stereocenters. The molecule has 0 bridgehead atoms. The molecule has 1 aromatic rings. The van der Waals surface area contributed by atoms with Crippen molar-refractivity contribution in [2.45, 2.75) is 25.3 Å². The van der Waals surface area contributed by atoms with Gasteiger partial charge in [0, 0.05) is 0 Å². The van der Waals surface area contributed by atoms with E-state index in [1.54, 1.807) is 0 Å². The van der Waals surface area contributed by atoms with Crippen LogP contribution < -0.4 is 5.73 Å². The Labute approximate surface area is 80.7 Å². The van der Waals surface area contributed by atoms with Gasteiger partial charge in [0.05, 0.1) is 18.2 Å². The van der Waals surface area contributed by atoms with Crippen molar-refractivity contribution >= 4 is 11.8 Å². The summed E-state index contributed by atoms with van der Waals surface area (Å²) in [5, 5.41) is 16.8. The van der Waals surface area contributed by atoms with Crippen LogP contribution in [-0.2, 0) is 4.79 Å². The smallest absolute Gasteiger partial charge is 0.308 e. The van der Waals surface area contributed by atoms with Crippen LogP contribution in [0.2, 0.25) is 0 Å². The van der Waals surface area contributed by atoms with E-state index in [2.05, 4.69) is 10.2 Å². The van der Waals surface area contributed by atoms with Crippen LogP contribution >= 0.6 is 0 Å². The van der Waals surface area contributed by atoms with E-state index in [0.717, 1.165) is 12.8 Å². The van der Waals surface area contributed by atoms with Crippen LogP contribution in [0.25, 0.3) is 0 Å². The Kier molecular flexibility index (Phi) is 2.11. The first-order valence-corrected chi connectivity index (χ1v) is 4.58. The van der Waals surface area contributed by atoms with Crippen molar-refractivity contribution in [3.8, 4) is 0 Å². The summed E-state index contributed by atoms with van der Waals surface area (Å²) in [6, 6.07) is -0.134. The fourth-order valence-electron chi connectivity index (χ4n) is 1.95. The van der Waals surface area contributed by atoms with Crippen molar-refractivity contribution in [1.29, 1.82) is 0 Å². The van der Waals surface area contributed by atoms with E-state index in [9.17, 15) is 4.79 Å². The molecule has 2 unspecified atom stereocenters. The monoisotopic (exact) mass is 196 g/mol. The lowest BCUT2D eigenvalue weighted by Gasteiger charge is -2.13. The van der Waals surface area contributed by atoms with Gasteiger partial charge in [0.15, 0.2) is 5.82 Å². The molecule has 1 heterocycles. The zero-order valence-corrected chi connectivity index (χ0v) is 7.63. The van der Waals surface area contributed by atoms with Gasteiger partial charge < -0.3 is 10.8 Å². The van der Waals surface area contributed by atoms with Gasteiger partial charge in [-0.2, -0.15) is 9.90 Å². The first kappa shape index (κ1) is 8.98. The predicted molar refractivity (Wildman–Crippen MR) is 48.4 cm³/mol. The summed E-state index contributed by atoms with van der Waals surface area (Å²) in [6.07, 6.45) is 3.85. The lowest BCUT2D eigenvalue weighted by atomic mass is 10.1. The van der Waals surface area contributed by atoms with Crippen molar-refractivity contribution in [2.24, 2.45) is 5.92 Å². The van der Waals surface area contributed by atoms with Gasteiger partial charge in [0.2, 0.25) is 0 Å². The Morgan fingerprint density at radius 3 is 3.00 bits per heavy atom. The van der Waals surface area contributed by atoms with Gasteiger partial charge in [0.1, 0.15) is 0 Å². The Hall–Kier alpha value is -1.59. The van der Waals surface area contributed by atoms with E-state index in [4.69, 9.17) is 10.8 Å². The number of nitrogen functional groups attached to an aromatic ring is 1. The Bertz CT molecular complexity index is 349. The van der Waals surface area contributed by atoms with Crippen molar-refractivity contribution in [1.82, 2.24) is 15.0 Å². The molecule has 0 aromatic carbocycles. The van der Waals surface area contributed by atoms with Gasteiger partial charge in [-0.25, -0.2) is 0 Å². The molecule has 1 aliphatic rings. The topological polar surface area (TPSA) is 94.0 Å². The molecule has 3 N–H and O–H groups in total. The summed E-state index contributed by atoms with van der Waals surface area (Å²) in [6.45, 7) is 0. The summed E-state index contributed by atoms with van der Waals surface area (Å²) in [4.78, 5) is 12.3. The van der Waals surface area contributed by atoms with Gasteiger partial charge in [-0.3, -0.25) is 4.79 Å². The van der Waals surface area contributed by atoms with Crippen LogP contribution in [0.4, 0.5) is 5.82 Å². The number of anilines is 1. The molecule has 6 heteroatoms. The molecular formula is C8H12N4O2. The number of carboxylic acids is 1. The number of aromatic nitrogens is 3. The number of carboxylic acid groups (broad SMARTS) is 1. The van der Waals surface area contributed by atoms with Crippen LogP contribution in [-0.4, -0.2) is 26.1 Å². The molecule has 76 valence electrons. The average Bonchev–Trinajstić information content (AvgIpc) is 2.70. The third-order valence-corrected chi connectivity index (χ3v) is 2.62. The zero-order chi connectivity index (χ0) is 10.1. The lowest BCUT2D eigenvalue weighted by Crippen LogP contribution is -2.23. The highest BCUT2D eigenvalue weighted by Crippen LogP contribution is 2.34. The fourth-order valence-corrected chi connectivity index (χ4v) is 1.95. The van der Waals surface area contributed by atoms with Crippen molar-refractivity contribution in [2.75, 3.05) is 5.73 Å². The second-order valence-corrected chi connectivity index (χ2v) is 3.53. The van der Waals surface area contributed by atoms with Crippen molar-refractivity contribution in [3.05, 3.63) is 6.20 Å². The molecule has 1 aromatic heterocycles. The maximum absolute atomic E-state index is 10.9. The molecular weight excluding hydrogens is 184 g/mol. The van der Waals surface area contributed by atoms with Gasteiger partial charge >= 0.3 is 5.97 Å². The van der Waals surface area contributed by atoms with E-state index in [-0.39, 0.29) is 12.0 Å². The minimum atomic E-state index is -0.775. The van der Waals surface area contributed by atoms with Crippen LogP contribution in [0.3, 0.4) is 0 Å². The number of aliphatic carboxylic acids is 1. The molecule has 1 saturated carbocycles. The van der Waals surface area contributed by atoms with Crippen LogP contribution in [0.15, 0.2) is 6.20 Å². The first-order valence-electron chi connectivity index (χ1n) is 4.58. The van der Waals surface area contributed by atoms with E-state index >= 15 is 0 Å². The summed E-state index contributed by atoms with van der Waals surface area (Å²) in [5.74, 6) is -0.814. The quantitative estimate of drug-likeness (QED) is 0.708. The largest absolute Gasteiger partial charge is 0.481 e. The number of hydrogen-bond acceptors (Lipinski definition) is 4. The molecule has 1 fully saturated rings. The molecule has 0 radical (unpaired) electrons. The minimum absolute atomic E-state index is 0.134. The number of nitrogens with zero attached hydrogens (tertiary/aromatic N) is 3. The summed E-state index contributed by atoms with van der Waals surface area (Å²) >= 11 is 0. The summed E-state index contributed by atoms with van der Waals surface area (Å²) < 4.78 is 0. The maximum atomic E-state index is 10.9. The standard InChI is InChI=1S/C8H12N4O2/c9-7-4-10-12(11-7)6-3-1-2-5(6)8(13)14/h4-6H,1-3H2,(H2,9,11)(H,13,14). The molecule has 0 spiro atoms. The molecule has 0 amide bonds. The Balaban J connectivity index is 2.21. The lowest BCUT2D eigenvalue weighted by molar-refractivity contribution is -0.142. The predicted octanol–water partition coefficient (Wildman–Crippen LogP) is 0.286. The molecule has 0 saturated heterocycles. The number of carbonyl (C=O) groups is 1. The third-order valence-electron chi connectivity index (χ3n) is 2.62. The Morgan fingerprint density at radius 2 is 2.43 bits per heavy atom. The van der Waals surface area contributed by atoms with Gasteiger partial charge in [-0.15, -0.1) is 5.10 Å². The SMILES string of the molecule is Nc1cnn(C2CCCC2C(=O)O)n1. The Morgan fingerprint density at radius 1 is 1.64 bits per heavy atom. The average molecular weight is 196 g/mol. The van der Waals surface area contributed by atoms with Crippen LogP contribution in [0.1, 0.15) is 25.3 Å². The normalized spacial score (nSPS) is 26.6. The molecule has 2 rings (SSSR count). The van der Waals surface area contributed by atoms with E-state index in [1.807, 2.05) is 0 Å². The van der Waals surface area contributed by atoms with Gasteiger partial charge in [-0.1, -0.05) is 6.42 Å². The first-order chi connectivity index (χ1) is 6.68. The van der Waals surface area contributed by atoms with Gasteiger partial charge in [-0.05, 0) is 12.8 Å². The highest BCUT2D eigenvalue weighted by Gasteiger charge is 2.35. The highest BCUT2D eigenvalue weighted by atomic mass is 16.4. The number of nitrogens with two attached hydrogens (primary N) is 1. The second kappa shape index (κ2) is 3.28. The second-order valence-electron chi connectivity index (χ2n) is 3.53. The highest BCUT2D eigenvalue weighted by molar-refractivity contribution is 5.70. The van der Waals surface area contributed by atoms with Crippen molar-refractivity contribution < 1.29 is 9.90 Å². The van der Waals surface area contributed by atoms with Crippen LogP contribution in [0.5, 0.6) is 0 Å². The number of rotatable bonds is 2. The summed E-state index contributed by atoms with van der Waals surface area (Å²) in [7, 11) is 0. The molecule has 6 nitrogen and oxygen atoms in total. The molecule has 0 aliphatic heterocycles. The summed E-state index contributed by atoms with van der Waals surface area (Å²) in [5.41, 5.74) is 5.43.